The van der Waals surface area contributed by atoms with Gasteiger partial charge in [-0.3, -0.25) is 9.69 Å². The number of carbonyl (C=O) groups is 1. The Morgan fingerprint density at radius 3 is 2.79 bits per heavy atom. The van der Waals surface area contributed by atoms with Crippen molar-refractivity contribution in [2.45, 2.75) is 26.3 Å². The second-order valence-electron chi connectivity index (χ2n) is 4.11. The van der Waals surface area contributed by atoms with Crippen LogP contribution >= 0.6 is 12.2 Å². The standard InChI is InChI=1S/C13H21N3O2S/c1-3-16(9-7-11(17)18-4-2)12(13(14)19)10-6-5-8-15-10/h5-6,8,12,15H,3-4,7,9H2,1-2H3,(H2,14,19). The van der Waals surface area contributed by atoms with Crippen LogP contribution in [0.1, 0.15) is 32.0 Å². The average Bonchev–Trinajstić information content (AvgIpc) is 2.87. The molecule has 0 aliphatic heterocycles. The molecule has 1 aromatic rings. The van der Waals surface area contributed by atoms with E-state index in [1.54, 1.807) is 6.92 Å². The lowest BCUT2D eigenvalue weighted by molar-refractivity contribution is -0.143. The third-order valence-electron chi connectivity index (χ3n) is 2.87. The molecule has 5 nitrogen and oxygen atoms in total. The second kappa shape index (κ2) is 7.91. The summed E-state index contributed by atoms with van der Waals surface area (Å²) in [7, 11) is 0. The number of nitrogens with two attached hydrogens (primary N) is 1. The normalized spacial score (nSPS) is 12.4. The molecule has 0 saturated heterocycles. The summed E-state index contributed by atoms with van der Waals surface area (Å²) < 4.78 is 4.93. The third-order valence-corrected chi connectivity index (χ3v) is 3.09. The molecular formula is C13H21N3O2S. The van der Waals surface area contributed by atoms with E-state index in [0.29, 0.717) is 24.6 Å². The Kier molecular flexibility index (Phi) is 6.52. The minimum Gasteiger partial charge on any atom is -0.466 e. The predicted molar refractivity (Wildman–Crippen MR) is 78.8 cm³/mol. The van der Waals surface area contributed by atoms with Gasteiger partial charge in [-0.05, 0) is 25.6 Å². The van der Waals surface area contributed by atoms with E-state index in [1.165, 1.54) is 0 Å². The Morgan fingerprint density at radius 1 is 1.58 bits per heavy atom. The van der Waals surface area contributed by atoms with Crippen molar-refractivity contribution in [2.75, 3.05) is 19.7 Å². The number of thiocarbonyl (C=S) groups is 1. The first-order valence-corrected chi connectivity index (χ1v) is 6.83. The van der Waals surface area contributed by atoms with Crippen LogP contribution in [0.5, 0.6) is 0 Å². The summed E-state index contributed by atoms with van der Waals surface area (Å²) in [5.41, 5.74) is 6.77. The van der Waals surface area contributed by atoms with Crippen molar-refractivity contribution in [3.63, 3.8) is 0 Å². The summed E-state index contributed by atoms with van der Waals surface area (Å²) in [6.07, 6.45) is 2.17. The number of aromatic nitrogens is 1. The highest BCUT2D eigenvalue weighted by atomic mass is 32.1. The number of hydrogen-bond acceptors (Lipinski definition) is 4. The van der Waals surface area contributed by atoms with Crippen LogP contribution in [0, 0.1) is 0 Å². The highest BCUT2D eigenvalue weighted by molar-refractivity contribution is 7.80. The number of rotatable bonds is 8. The molecule has 1 atom stereocenters. The maximum Gasteiger partial charge on any atom is 0.307 e. The number of ether oxygens (including phenoxy) is 1. The monoisotopic (exact) mass is 283 g/mol. The molecule has 0 fully saturated rings. The summed E-state index contributed by atoms with van der Waals surface area (Å²) >= 11 is 5.14. The summed E-state index contributed by atoms with van der Waals surface area (Å²) in [5.74, 6) is -0.200. The van der Waals surface area contributed by atoms with Gasteiger partial charge in [-0.15, -0.1) is 0 Å². The average molecular weight is 283 g/mol. The van der Waals surface area contributed by atoms with E-state index in [-0.39, 0.29) is 12.0 Å². The first-order chi connectivity index (χ1) is 9.10. The molecule has 0 spiro atoms. The molecule has 0 radical (unpaired) electrons. The predicted octanol–water partition coefficient (Wildman–Crippen LogP) is 1.62. The van der Waals surface area contributed by atoms with Gasteiger partial charge in [0, 0.05) is 18.4 Å². The van der Waals surface area contributed by atoms with Gasteiger partial charge in [0.25, 0.3) is 0 Å². The van der Waals surface area contributed by atoms with Gasteiger partial charge in [0.2, 0.25) is 0 Å². The molecular weight excluding hydrogens is 262 g/mol. The van der Waals surface area contributed by atoms with E-state index >= 15 is 0 Å². The number of aromatic amines is 1. The molecule has 6 heteroatoms. The number of likely N-dealkylation sites (N-methyl/N-ethyl adjacent to an activating group) is 1. The number of H-pyrrole nitrogens is 1. The minimum atomic E-state index is -0.200. The zero-order chi connectivity index (χ0) is 14.3. The Balaban J connectivity index is 2.70. The van der Waals surface area contributed by atoms with Gasteiger partial charge >= 0.3 is 5.97 Å². The topological polar surface area (TPSA) is 71.3 Å². The van der Waals surface area contributed by atoms with E-state index in [9.17, 15) is 4.79 Å². The lowest BCUT2D eigenvalue weighted by Gasteiger charge is -2.29. The Hall–Kier alpha value is -1.40. The van der Waals surface area contributed by atoms with Gasteiger partial charge in [0.05, 0.1) is 18.0 Å². The quantitative estimate of drug-likeness (QED) is 0.560. The molecule has 0 saturated carbocycles. The SMILES string of the molecule is CCOC(=O)CCN(CC)C(C(N)=S)c1ccc[nH]1. The molecule has 0 aliphatic rings. The fourth-order valence-electron chi connectivity index (χ4n) is 1.98. The highest BCUT2D eigenvalue weighted by Crippen LogP contribution is 2.19. The van der Waals surface area contributed by atoms with Crippen molar-refractivity contribution < 1.29 is 9.53 Å². The summed E-state index contributed by atoms with van der Waals surface area (Å²) in [6, 6.07) is 3.67. The third kappa shape index (κ3) is 4.65. The first-order valence-electron chi connectivity index (χ1n) is 6.42. The van der Waals surface area contributed by atoms with Gasteiger partial charge in [-0.25, -0.2) is 0 Å². The van der Waals surface area contributed by atoms with Crippen LogP contribution in [-0.4, -0.2) is 40.5 Å². The molecule has 3 N–H and O–H groups in total. The highest BCUT2D eigenvalue weighted by Gasteiger charge is 2.23. The number of carbonyl (C=O) groups excluding carboxylic acids is 1. The van der Waals surface area contributed by atoms with Crippen LogP contribution in [0.15, 0.2) is 18.3 Å². The zero-order valence-electron chi connectivity index (χ0n) is 11.4. The first kappa shape index (κ1) is 15.7. The van der Waals surface area contributed by atoms with E-state index in [4.69, 9.17) is 22.7 Å². The largest absolute Gasteiger partial charge is 0.466 e. The van der Waals surface area contributed by atoms with E-state index < -0.39 is 0 Å². The van der Waals surface area contributed by atoms with E-state index in [2.05, 4.69) is 9.88 Å². The fourth-order valence-corrected chi connectivity index (χ4v) is 2.26. The van der Waals surface area contributed by atoms with Gasteiger partial charge < -0.3 is 15.5 Å². The van der Waals surface area contributed by atoms with Crippen LogP contribution in [-0.2, 0) is 9.53 Å². The molecule has 0 aromatic carbocycles. The molecule has 1 aromatic heterocycles. The second-order valence-corrected chi connectivity index (χ2v) is 4.59. The molecule has 0 amide bonds. The minimum absolute atomic E-state index is 0.176. The Labute approximate surface area is 119 Å². The van der Waals surface area contributed by atoms with Crippen molar-refractivity contribution in [3.8, 4) is 0 Å². The molecule has 0 aliphatic carbocycles. The number of nitrogens with zero attached hydrogens (tertiary/aromatic N) is 1. The maximum atomic E-state index is 11.4. The molecule has 1 unspecified atom stereocenters. The van der Waals surface area contributed by atoms with Gasteiger partial charge in [0.15, 0.2) is 0 Å². The summed E-state index contributed by atoms with van der Waals surface area (Å²) in [6.45, 7) is 5.53. The summed E-state index contributed by atoms with van der Waals surface area (Å²) in [4.78, 5) is 17.0. The molecule has 106 valence electrons. The van der Waals surface area contributed by atoms with Crippen molar-refractivity contribution in [2.24, 2.45) is 5.73 Å². The molecule has 19 heavy (non-hydrogen) atoms. The lowest BCUT2D eigenvalue weighted by Crippen LogP contribution is -2.38. The van der Waals surface area contributed by atoms with Crippen LogP contribution < -0.4 is 5.73 Å². The van der Waals surface area contributed by atoms with E-state index in [1.807, 2.05) is 25.3 Å². The molecule has 1 heterocycles. The van der Waals surface area contributed by atoms with Crippen molar-refractivity contribution >= 4 is 23.2 Å². The fraction of sp³-hybridized carbons (Fsp3) is 0.538. The smallest absolute Gasteiger partial charge is 0.307 e. The lowest BCUT2D eigenvalue weighted by atomic mass is 10.1. The van der Waals surface area contributed by atoms with Crippen LogP contribution in [0.3, 0.4) is 0 Å². The van der Waals surface area contributed by atoms with E-state index in [0.717, 1.165) is 12.2 Å². The van der Waals surface area contributed by atoms with Gasteiger partial charge in [-0.2, -0.15) is 0 Å². The number of hydrogen-bond donors (Lipinski definition) is 2. The van der Waals surface area contributed by atoms with Crippen LogP contribution in [0.2, 0.25) is 0 Å². The van der Waals surface area contributed by atoms with Gasteiger partial charge in [0.1, 0.15) is 6.04 Å². The van der Waals surface area contributed by atoms with Crippen molar-refractivity contribution in [1.82, 2.24) is 9.88 Å². The summed E-state index contributed by atoms with van der Waals surface area (Å²) in [5, 5.41) is 0. The Bertz CT molecular complexity index is 406. The molecule has 1 rings (SSSR count). The van der Waals surface area contributed by atoms with Crippen molar-refractivity contribution in [1.29, 1.82) is 0 Å². The van der Waals surface area contributed by atoms with Gasteiger partial charge in [-0.1, -0.05) is 19.1 Å². The van der Waals surface area contributed by atoms with Crippen LogP contribution in [0.4, 0.5) is 0 Å². The zero-order valence-corrected chi connectivity index (χ0v) is 12.2. The van der Waals surface area contributed by atoms with Crippen molar-refractivity contribution in [3.05, 3.63) is 24.0 Å². The number of nitrogens with one attached hydrogen (secondary N) is 1. The van der Waals surface area contributed by atoms with Crippen LogP contribution in [0.25, 0.3) is 0 Å². The maximum absolute atomic E-state index is 11.4. The Morgan fingerprint density at radius 2 is 2.32 bits per heavy atom. The number of esters is 1. The molecule has 0 bridgehead atoms.